The lowest BCUT2D eigenvalue weighted by atomic mass is 10.3. The van der Waals surface area contributed by atoms with Crippen molar-refractivity contribution in [2.24, 2.45) is 0 Å². The van der Waals surface area contributed by atoms with Gasteiger partial charge in [-0.25, -0.2) is 0 Å². The molecule has 0 amide bonds. The van der Waals surface area contributed by atoms with Crippen LogP contribution in [0.4, 0.5) is 0 Å². The zero-order valence-electron chi connectivity index (χ0n) is 12.4. The van der Waals surface area contributed by atoms with E-state index in [0.29, 0.717) is 13.2 Å². The predicted molar refractivity (Wildman–Crippen MR) is 69.6 cm³/mol. The zero-order chi connectivity index (χ0) is 14.6. The van der Waals surface area contributed by atoms with E-state index >= 15 is 0 Å². The van der Waals surface area contributed by atoms with E-state index in [1.165, 1.54) is 24.1 Å². The Hall–Kier alpha value is -0.690. The Kier molecular flexibility index (Phi) is 10.8. The highest BCUT2D eigenvalue weighted by atomic mass is 16.5. The molecule has 6 nitrogen and oxygen atoms in total. The van der Waals surface area contributed by atoms with Gasteiger partial charge in [0.15, 0.2) is 0 Å². The third-order valence-electron chi connectivity index (χ3n) is 3.20. The van der Waals surface area contributed by atoms with Crippen LogP contribution in [0.3, 0.4) is 0 Å². The molecule has 0 saturated carbocycles. The molecule has 1 aliphatic heterocycles. The molecule has 0 bridgehead atoms. The van der Waals surface area contributed by atoms with Crippen LogP contribution in [0.2, 0.25) is 0 Å². The van der Waals surface area contributed by atoms with Gasteiger partial charge < -0.3 is 28.6 Å². The number of hydrogen-bond donors (Lipinski definition) is 0. The first kappa shape index (κ1) is 18.3. The fourth-order valence-electron chi connectivity index (χ4n) is 1.50. The van der Waals surface area contributed by atoms with Crippen LogP contribution in [-0.2, 0) is 19.0 Å². The maximum Gasteiger partial charge on any atom is 0.102 e. The van der Waals surface area contributed by atoms with Crippen molar-refractivity contribution < 1.29 is 28.6 Å². The summed E-state index contributed by atoms with van der Waals surface area (Å²) in [6, 6.07) is 0. The molecule has 114 valence electrons. The van der Waals surface area contributed by atoms with E-state index in [0.717, 1.165) is 13.2 Å². The zero-order valence-corrected chi connectivity index (χ0v) is 12.4. The number of carboxylic acid groups (broad SMARTS) is 1. The molecule has 1 rings (SSSR count). The number of ether oxygens (including phenoxy) is 3. The highest BCUT2D eigenvalue weighted by molar-refractivity contribution is 5.64. The highest BCUT2D eigenvalue weighted by Crippen LogP contribution is 2.05. The van der Waals surface area contributed by atoms with Crippen LogP contribution in [0.15, 0.2) is 0 Å². The van der Waals surface area contributed by atoms with Crippen molar-refractivity contribution in [3.63, 3.8) is 0 Å². The Labute approximate surface area is 115 Å². The van der Waals surface area contributed by atoms with Crippen LogP contribution < -0.4 is 5.11 Å². The van der Waals surface area contributed by atoms with Crippen LogP contribution in [0.25, 0.3) is 0 Å². The number of carbonyl (C=O) groups is 1. The molecule has 0 spiro atoms. The van der Waals surface area contributed by atoms with Crippen molar-refractivity contribution in [1.82, 2.24) is 0 Å². The smallest absolute Gasteiger partial charge is 0.102 e. The fourth-order valence-corrected chi connectivity index (χ4v) is 1.50. The van der Waals surface area contributed by atoms with Crippen molar-refractivity contribution in [3.8, 4) is 0 Å². The van der Waals surface area contributed by atoms with Crippen LogP contribution in [0, 0.1) is 0 Å². The minimum absolute atomic E-state index is 0.0519. The minimum Gasteiger partial charge on any atom is -0.550 e. The topological polar surface area (TPSA) is 67.8 Å². The van der Waals surface area contributed by atoms with Crippen LogP contribution in [0.5, 0.6) is 0 Å². The summed E-state index contributed by atoms with van der Waals surface area (Å²) in [5, 5.41) is 9.81. The van der Waals surface area contributed by atoms with E-state index in [4.69, 9.17) is 9.47 Å². The van der Waals surface area contributed by atoms with Gasteiger partial charge in [0.1, 0.15) is 13.1 Å². The lowest BCUT2D eigenvalue weighted by Crippen LogP contribution is -2.51. The minimum atomic E-state index is -1.09. The first-order valence-corrected chi connectivity index (χ1v) is 6.72. The van der Waals surface area contributed by atoms with Gasteiger partial charge in [-0.2, -0.15) is 0 Å². The highest BCUT2D eigenvalue weighted by Gasteiger charge is 2.21. The summed E-state index contributed by atoms with van der Waals surface area (Å²) in [6.07, 6.45) is -0.0519. The maximum absolute atomic E-state index is 9.81. The van der Waals surface area contributed by atoms with Gasteiger partial charge in [-0.3, -0.25) is 0 Å². The maximum atomic E-state index is 9.81. The van der Waals surface area contributed by atoms with Gasteiger partial charge in [0.05, 0.1) is 46.6 Å². The average Bonchev–Trinajstić information content (AvgIpc) is 2.40. The Morgan fingerprint density at radius 2 is 1.89 bits per heavy atom. The summed E-state index contributed by atoms with van der Waals surface area (Å²) in [7, 11) is 3.85. The number of nitrogens with zero attached hydrogens (tertiary/aromatic N) is 1. The van der Waals surface area contributed by atoms with Crippen molar-refractivity contribution in [1.29, 1.82) is 0 Å². The van der Waals surface area contributed by atoms with Crippen molar-refractivity contribution in [3.05, 3.63) is 0 Å². The Morgan fingerprint density at radius 1 is 1.26 bits per heavy atom. The first-order chi connectivity index (χ1) is 9.04. The van der Waals surface area contributed by atoms with Gasteiger partial charge in [0.2, 0.25) is 0 Å². The number of carboxylic acids is 1. The molecule has 0 aromatic heterocycles. The standard InChI is InChI=1S/C7H16NO.C6H12O4/c1-3-8(2)4-6-9-7-5-8;1-9-4-5-10-3-2-6(7)8/h3-7H2,1-2H3;2-5H2,1H3,(H,7,8)/q+1;/p-1. The quantitative estimate of drug-likeness (QED) is 0.453. The number of rotatable bonds is 7. The number of likely N-dealkylation sites (N-methyl/N-ethyl adjacent to an activating group) is 1. The molecule has 0 radical (unpaired) electrons. The monoisotopic (exact) mass is 277 g/mol. The molecular weight excluding hydrogens is 250 g/mol. The first-order valence-electron chi connectivity index (χ1n) is 6.72. The van der Waals surface area contributed by atoms with E-state index in [1.807, 2.05) is 0 Å². The molecule has 0 aromatic rings. The summed E-state index contributed by atoms with van der Waals surface area (Å²) in [4.78, 5) is 9.81. The van der Waals surface area contributed by atoms with Crippen LogP contribution >= 0.6 is 0 Å². The van der Waals surface area contributed by atoms with Crippen molar-refractivity contribution >= 4 is 5.97 Å². The molecule has 1 heterocycles. The van der Waals surface area contributed by atoms with Crippen LogP contribution in [-0.4, -0.2) is 77.3 Å². The van der Waals surface area contributed by atoms with Gasteiger partial charge >= 0.3 is 0 Å². The summed E-state index contributed by atoms with van der Waals surface area (Å²) in [5.41, 5.74) is 0. The molecule has 1 aliphatic rings. The van der Waals surface area contributed by atoms with Gasteiger partial charge in [0, 0.05) is 19.5 Å². The van der Waals surface area contributed by atoms with Gasteiger partial charge in [-0.05, 0) is 6.92 Å². The average molecular weight is 277 g/mol. The number of quaternary nitrogens is 1. The van der Waals surface area contributed by atoms with Gasteiger partial charge in [-0.1, -0.05) is 0 Å². The second kappa shape index (κ2) is 11.2. The lowest BCUT2D eigenvalue weighted by molar-refractivity contribution is -0.915. The predicted octanol–water partition coefficient (Wildman–Crippen LogP) is -0.727. The second-order valence-electron chi connectivity index (χ2n) is 4.72. The SMILES string of the molecule is CC[N+]1(C)CCOCC1.COCCOCCC(=O)[O-]. The molecular formula is C13H27NO5. The van der Waals surface area contributed by atoms with E-state index in [1.54, 1.807) is 7.11 Å². The lowest BCUT2D eigenvalue weighted by Gasteiger charge is -2.36. The van der Waals surface area contributed by atoms with E-state index in [-0.39, 0.29) is 13.0 Å². The largest absolute Gasteiger partial charge is 0.550 e. The molecule has 0 unspecified atom stereocenters. The molecule has 6 heteroatoms. The molecule has 0 N–H and O–H groups in total. The Balaban J connectivity index is 0.000000342. The third-order valence-corrected chi connectivity index (χ3v) is 3.20. The van der Waals surface area contributed by atoms with Gasteiger partial charge in [0.25, 0.3) is 0 Å². The summed E-state index contributed by atoms with van der Waals surface area (Å²) in [5.74, 6) is -1.09. The molecule has 19 heavy (non-hydrogen) atoms. The molecule has 1 saturated heterocycles. The normalized spacial score (nSPS) is 17.4. The van der Waals surface area contributed by atoms with E-state index in [2.05, 4.69) is 18.7 Å². The second-order valence-corrected chi connectivity index (χ2v) is 4.72. The number of hydrogen-bond acceptors (Lipinski definition) is 5. The number of carbonyl (C=O) groups excluding carboxylic acids is 1. The summed E-state index contributed by atoms with van der Waals surface area (Å²) >= 11 is 0. The Morgan fingerprint density at radius 3 is 2.32 bits per heavy atom. The summed E-state index contributed by atoms with van der Waals surface area (Å²) in [6.45, 7) is 8.89. The van der Waals surface area contributed by atoms with Crippen molar-refractivity contribution in [2.45, 2.75) is 13.3 Å². The van der Waals surface area contributed by atoms with Gasteiger partial charge in [-0.15, -0.1) is 0 Å². The number of aliphatic carboxylic acids is 1. The molecule has 0 aliphatic carbocycles. The number of methoxy groups -OCH3 is 1. The van der Waals surface area contributed by atoms with E-state index < -0.39 is 5.97 Å². The van der Waals surface area contributed by atoms with E-state index in [9.17, 15) is 9.90 Å². The Bertz CT molecular complexity index is 229. The van der Waals surface area contributed by atoms with Crippen LogP contribution in [0.1, 0.15) is 13.3 Å². The number of morpholine rings is 1. The fraction of sp³-hybridized carbons (Fsp3) is 0.923. The third kappa shape index (κ3) is 10.9. The molecule has 0 atom stereocenters. The summed E-state index contributed by atoms with van der Waals surface area (Å²) < 4.78 is 15.9. The van der Waals surface area contributed by atoms with Crippen molar-refractivity contribution in [2.75, 3.05) is 66.8 Å². The molecule has 0 aromatic carbocycles. The molecule has 1 fully saturated rings.